The van der Waals surface area contributed by atoms with Crippen molar-refractivity contribution in [2.75, 3.05) is 7.05 Å². The Bertz CT molecular complexity index is 1080. The molecule has 2 N–H and O–H groups in total. The van der Waals surface area contributed by atoms with E-state index in [1.54, 1.807) is 11.9 Å². The smallest absolute Gasteiger partial charge is 0.328 e. The molecular formula is C24H27N3O4. The number of amides is 1. The SMILES string of the molecule is C[C@@H](N(C)C(=O)CCCn1ccc(=O)[nH]c1=O)C(O)(c1ccccc1)c1ccccc1. The first-order chi connectivity index (χ1) is 14.8. The van der Waals surface area contributed by atoms with Gasteiger partial charge in [-0.3, -0.25) is 14.6 Å². The van der Waals surface area contributed by atoms with Crippen LogP contribution in [0, 0.1) is 0 Å². The summed E-state index contributed by atoms with van der Waals surface area (Å²) in [6.45, 7) is 2.13. The second kappa shape index (κ2) is 9.57. The Balaban J connectivity index is 1.76. The number of nitrogens with zero attached hydrogens (tertiary/aromatic N) is 2. The van der Waals surface area contributed by atoms with Crippen LogP contribution in [0.1, 0.15) is 30.9 Å². The molecule has 162 valence electrons. The normalized spacial score (nSPS) is 12.4. The van der Waals surface area contributed by atoms with Gasteiger partial charge in [0.05, 0.1) is 6.04 Å². The molecule has 0 fully saturated rings. The first kappa shape index (κ1) is 22.2. The summed E-state index contributed by atoms with van der Waals surface area (Å²) >= 11 is 0. The number of rotatable bonds is 8. The van der Waals surface area contributed by atoms with E-state index in [1.165, 1.54) is 16.8 Å². The van der Waals surface area contributed by atoms with Crippen molar-refractivity contribution < 1.29 is 9.90 Å². The number of aryl methyl sites for hydroxylation is 1. The van der Waals surface area contributed by atoms with Gasteiger partial charge in [-0.2, -0.15) is 0 Å². The third kappa shape index (κ3) is 4.83. The molecule has 1 heterocycles. The highest BCUT2D eigenvalue weighted by Crippen LogP contribution is 2.35. The van der Waals surface area contributed by atoms with Crippen molar-refractivity contribution in [2.45, 2.75) is 38.0 Å². The molecule has 0 aliphatic carbocycles. The van der Waals surface area contributed by atoms with E-state index in [-0.39, 0.29) is 12.3 Å². The highest BCUT2D eigenvalue weighted by atomic mass is 16.3. The maximum Gasteiger partial charge on any atom is 0.328 e. The summed E-state index contributed by atoms with van der Waals surface area (Å²) < 4.78 is 1.36. The van der Waals surface area contributed by atoms with Crippen LogP contribution in [-0.4, -0.2) is 38.6 Å². The maximum atomic E-state index is 12.9. The van der Waals surface area contributed by atoms with Crippen molar-refractivity contribution in [3.05, 3.63) is 105 Å². The molecule has 0 saturated heterocycles. The number of hydrogen-bond donors (Lipinski definition) is 2. The monoisotopic (exact) mass is 421 g/mol. The van der Waals surface area contributed by atoms with Crippen LogP contribution in [0.2, 0.25) is 0 Å². The van der Waals surface area contributed by atoms with Crippen molar-refractivity contribution in [3.63, 3.8) is 0 Å². The van der Waals surface area contributed by atoms with Gasteiger partial charge in [-0.05, 0) is 24.5 Å². The zero-order chi connectivity index (χ0) is 22.4. The molecule has 3 rings (SSSR count). The first-order valence-electron chi connectivity index (χ1n) is 10.2. The van der Waals surface area contributed by atoms with E-state index < -0.39 is 22.9 Å². The molecule has 1 amide bonds. The Morgan fingerprint density at radius 3 is 2.10 bits per heavy atom. The third-order valence-electron chi connectivity index (χ3n) is 5.69. The maximum absolute atomic E-state index is 12.9. The number of carbonyl (C=O) groups is 1. The molecule has 0 spiro atoms. The number of nitrogens with one attached hydrogen (secondary N) is 1. The number of hydrogen-bond acceptors (Lipinski definition) is 4. The van der Waals surface area contributed by atoms with Crippen LogP contribution in [-0.2, 0) is 16.9 Å². The fourth-order valence-electron chi connectivity index (χ4n) is 3.73. The van der Waals surface area contributed by atoms with Crippen molar-refractivity contribution in [3.8, 4) is 0 Å². The Morgan fingerprint density at radius 2 is 1.58 bits per heavy atom. The molecule has 0 radical (unpaired) electrons. The van der Waals surface area contributed by atoms with Gasteiger partial charge in [-0.1, -0.05) is 60.7 Å². The number of H-pyrrole nitrogens is 1. The van der Waals surface area contributed by atoms with Gasteiger partial charge in [0.2, 0.25) is 5.91 Å². The molecule has 0 bridgehead atoms. The topological polar surface area (TPSA) is 95.4 Å². The van der Waals surface area contributed by atoms with Crippen molar-refractivity contribution >= 4 is 5.91 Å². The van der Waals surface area contributed by atoms with Crippen molar-refractivity contribution in [1.29, 1.82) is 0 Å². The Labute approximate surface area is 180 Å². The molecular weight excluding hydrogens is 394 g/mol. The van der Waals surface area contributed by atoms with Crippen LogP contribution < -0.4 is 11.2 Å². The predicted octanol–water partition coefficient (Wildman–Crippen LogP) is 2.10. The largest absolute Gasteiger partial charge is 0.378 e. The molecule has 31 heavy (non-hydrogen) atoms. The minimum absolute atomic E-state index is 0.143. The van der Waals surface area contributed by atoms with Crippen LogP contribution >= 0.6 is 0 Å². The molecule has 7 nitrogen and oxygen atoms in total. The second-order valence-corrected chi connectivity index (χ2v) is 7.59. The minimum Gasteiger partial charge on any atom is -0.378 e. The Kier molecular flexibility index (Phi) is 6.87. The highest BCUT2D eigenvalue weighted by Gasteiger charge is 2.40. The summed E-state index contributed by atoms with van der Waals surface area (Å²) in [5.74, 6) is -0.143. The average Bonchev–Trinajstić information content (AvgIpc) is 2.80. The van der Waals surface area contributed by atoms with Gasteiger partial charge in [0, 0.05) is 32.3 Å². The molecule has 1 atom stereocenters. The van der Waals surface area contributed by atoms with Crippen LogP contribution in [0.25, 0.3) is 0 Å². The van der Waals surface area contributed by atoms with E-state index in [1.807, 2.05) is 67.6 Å². The fraction of sp³-hybridized carbons (Fsp3) is 0.292. The van der Waals surface area contributed by atoms with Crippen molar-refractivity contribution in [1.82, 2.24) is 14.5 Å². The van der Waals surface area contributed by atoms with Crippen LogP contribution in [0.15, 0.2) is 82.5 Å². The molecule has 1 aromatic heterocycles. The van der Waals surface area contributed by atoms with E-state index in [2.05, 4.69) is 4.98 Å². The summed E-state index contributed by atoms with van der Waals surface area (Å²) in [6, 6.07) is 19.3. The molecule has 0 aliphatic rings. The summed E-state index contributed by atoms with van der Waals surface area (Å²) in [5, 5.41) is 11.8. The van der Waals surface area contributed by atoms with Crippen LogP contribution in [0.4, 0.5) is 0 Å². The van der Waals surface area contributed by atoms with Gasteiger partial charge >= 0.3 is 5.69 Å². The number of carbonyl (C=O) groups excluding carboxylic acids is 1. The quantitative estimate of drug-likeness (QED) is 0.582. The van der Waals surface area contributed by atoms with Gasteiger partial charge in [-0.15, -0.1) is 0 Å². The molecule has 0 saturated carbocycles. The number of aliphatic hydroxyl groups is 1. The molecule has 3 aromatic rings. The van der Waals surface area contributed by atoms with E-state index in [0.717, 1.165) is 0 Å². The minimum atomic E-state index is -1.39. The number of likely N-dealkylation sites (N-methyl/N-ethyl adjacent to an activating group) is 1. The number of benzene rings is 2. The lowest BCUT2D eigenvalue weighted by atomic mass is 9.80. The zero-order valence-corrected chi connectivity index (χ0v) is 17.7. The van der Waals surface area contributed by atoms with E-state index >= 15 is 0 Å². The number of aromatic amines is 1. The molecule has 0 unspecified atom stereocenters. The Morgan fingerprint density at radius 1 is 1.03 bits per heavy atom. The van der Waals surface area contributed by atoms with E-state index in [4.69, 9.17) is 0 Å². The molecule has 7 heteroatoms. The highest BCUT2D eigenvalue weighted by molar-refractivity contribution is 5.76. The van der Waals surface area contributed by atoms with Gasteiger partial charge in [0.1, 0.15) is 5.60 Å². The van der Waals surface area contributed by atoms with Gasteiger partial charge in [0.15, 0.2) is 0 Å². The first-order valence-corrected chi connectivity index (χ1v) is 10.2. The van der Waals surface area contributed by atoms with Crippen LogP contribution in [0.3, 0.4) is 0 Å². The lowest BCUT2D eigenvalue weighted by Gasteiger charge is -2.40. The average molecular weight is 421 g/mol. The third-order valence-corrected chi connectivity index (χ3v) is 5.69. The summed E-state index contributed by atoms with van der Waals surface area (Å²) in [6.07, 6.45) is 2.05. The van der Waals surface area contributed by atoms with Gasteiger partial charge < -0.3 is 14.6 Å². The molecule has 2 aromatic carbocycles. The van der Waals surface area contributed by atoms with Gasteiger partial charge in [0.25, 0.3) is 5.56 Å². The van der Waals surface area contributed by atoms with Crippen molar-refractivity contribution in [2.24, 2.45) is 0 Å². The predicted molar refractivity (Wildman–Crippen MR) is 119 cm³/mol. The lowest BCUT2D eigenvalue weighted by Crippen LogP contribution is -2.50. The summed E-state index contributed by atoms with van der Waals surface area (Å²) in [7, 11) is 1.68. The second-order valence-electron chi connectivity index (χ2n) is 7.59. The van der Waals surface area contributed by atoms with E-state index in [9.17, 15) is 19.5 Å². The summed E-state index contributed by atoms with van der Waals surface area (Å²) in [4.78, 5) is 39.6. The van der Waals surface area contributed by atoms with Gasteiger partial charge in [-0.25, -0.2) is 4.79 Å². The number of aromatic nitrogens is 2. The van der Waals surface area contributed by atoms with E-state index in [0.29, 0.717) is 24.1 Å². The lowest BCUT2D eigenvalue weighted by molar-refractivity contribution is -0.136. The van der Waals surface area contributed by atoms with Crippen LogP contribution in [0.5, 0.6) is 0 Å². The fourth-order valence-corrected chi connectivity index (χ4v) is 3.73. The standard InChI is InChI=1S/C24H27N3O4/c1-18(24(31,19-10-5-3-6-11-19)20-12-7-4-8-13-20)26(2)22(29)14-9-16-27-17-15-21(28)25-23(27)30/h3-8,10-13,15,17-18,31H,9,14,16H2,1-2H3,(H,25,28,30)/t18-/m1/s1. The summed E-state index contributed by atoms with van der Waals surface area (Å²) in [5.41, 5.74) is -0.930. The zero-order valence-electron chi connectivity index (χ0n) is 17.7. The Hall–Kier alpha value is -3.45. The molecule has 0 aliphatic heterocycles.